The van der Waals surface area contributed by atoms with Crippen molar-refractivity contribution in [3.63, 3.8) is 0 Å². The minimum absolute atomic E-state index is 0.407. The third-order valence-electron chi connectivity index (χ3n) is 4.28. The average molecular weight is 365 g/mol. The molecule has 21 heavy (non-hydrogen) atoms. The third kappa shape index (κ3) is 3.38. The van der Waals surface area contributed by atoms with Crippen molar-refractivity contribution >= 4 is 27.3 Å². The fourth-order valence-electron chi connectivity index (χ4n) is 3.16. The number of hydrogen-bond acceptors (Lipinski definition) is 3. The van der Waals surface area contributed by atoms with E-state index in [0.717, 1.165) is 5.01 Å². The van der Waals surface area contributed by atoms with Gasteiger partial charge in [-0.15, -0.1) is 11.3 Å². The smallest absolute Gasteiger partial charge is 0.0900 e. The lowest BCUT2D eigenvalue weighted by molar-refractivity contribution is 0.271. The summed E-state index contributed by atoms with van der Waals surface area (Å²) in [7, 11) is 0. The molecule has 112 valence electrons. The van der Waals surface area contributed by atoms with Crippen molar-refractivity contribution in [2.75, 3.05) is 0 Å². The molecule has 1 aliphatic rings. The molecule has 0 bridgehead atoms. The van der Waals surface area contributed by atoms with Crippen molar-refractivity contribution in [2.24, 2.45) is 0 Å². The summed E-state index contributed by atoms with van der Waals surface area (Å²) in [4.78, 5) is 5.92. The first kappa shape index (κ1) is 15.2. The Morgan fingerprint density at radius 3 is 2.71 bits per heavy atom. The molecule has 2 nitrogen and oxygen atoms in total. The summed E-state index contributed by atoms with van der Waals surface area (Å²) >= 11 is 5.38. The van der Waals surface area contributed by atoms with Crippen LogP contribution in [0.1, 0.15) is 52.9 Å². The Morgan fingerprint density at radius 2 is 2.10 bits per heavy atom. The first-order chi connectivity index (χ1) is 10.0. The maximum absolute atomic E-state index is 4.53. The van der Waals surface area contributed by atoms with Gasteiger partial charge in [-0.1, -0.05) is 28.1 Å². The highest BCUT2D eigenvalue weighted by atomic mass is 79.9. The predicted molar refractivity (Wildman–Crippen MR) is 93.0 cm³/mol. The van der Waals surface area contributed by atoms with Crippen LogP contribution >= 0.6 is 27.3 Å². The van der Waals surface area contributed by atoms with Gasteiger partial charge in [-0.05, 0) is 57.2 Å². The second-order valence-corrected chi connectivity index (χ2v) is 8.14. The third-order valence-corrected chi connectivity index (χ3v) is 6.03. The number of rotatable bonds is 4. The van der Waals surface area contributed by atoms with Crippen LogP contribution in [-0.4, -0.2) is 11.0 Å². The number of nitrogens with one attached hydrogen (secondary N) is 1. The molecule has 4 heteroatoms. The zero-order valence-corrected chi connectivity index (χ0v) is 15.1. The van der Waals surface area contributed by atoms with Crippen LogP contribution < -0.4 is 5.32 Å². The van der Waals surface area contributed by atoms with Gasteiger partial charge in [0.2, 0.25) is 0 Å². The number of thiazole rings is 1. The van der Waals surface area contributed by atoms with E-state index in [9.17, 15) is 0 Å². The Hall–Kier alpha value is -0.710. The standard InChI is InChI=1S/C17H21BrN2S/c1-10-17(21-12(3)19-10)11(2)20-16-8-14(9-16)13-5-4-6-15(18)7-13/h4-7,11,14,16,20H,8-9H2,1-3H3. The van der Waals surface area contributed by atoms with E-state index in [1.54, 1.807) is 0 Å². The average Bonchev–Trinajstić information content (AvgIpc) is 2.72. The maximum atomic E-state index is 4.53. The number of hydrogen-bond donors (Lipinski definition) is 1. The zero-order chi connectivity index (χ0) is 15.0. The van der Waals surface area contributed by atoms with Crippen LogP contribution in [-0.2, 0) is 0 Å². The van der Waals surface area contributed by atoms with Crippen molar-refractivity contribution in [3.8, 4) is 0 Å². The zero-order valence-electron chi connectivity index (χ0n) is 12.7. The number of nitrogens with zero attached hydrogens (tertiary/aromatic N) is 1. The SMILES string of the molecule is Cc1nc(C)c(C(C)NC2CC(c3cccc(Br)c3)C2)s1. The number of aryl methyl sites for hydroxylation is 2. The topological polar surface area (TPSA) is 24.9 Å². The van der Waals surface area contributed by atoms with Gasteiger partial charge in [-0.25, -0.2) is 4.98 Å². The summed E-state index contributed by atoms with van der Waals surface area (Å²) in [6.07, 6.45) is 2.47. The Labute approximate surface area is 139 Å². The van der Waals surface area contributed by atoms with Crippen LogP contribution in [0, 0.1) is 13.8 Å². The Bertz CT molecular complexity index is 631. The van der Waals surface area contributed by atoms with Gasteiger partial charge in [0.1, 0.15) is 0 Å². The van der Waals surface area contributed by atoms with E-state index in [2.05, 4.69) is 71.3 Å². The quantitative estimate of drug-likeness (QED) is 0.814. The van der Waals surface area contributed by atoms with Crippen LogP contribution in [0.25, 0.3) is 0 Å². The normalized spacial score (nSPS) is 22.9. The molecule has 3 rings (SSSR count). The van der Waals surface area contributed by atoms with Gasteiger partial charge in [0.15, 0.2) is 0 Å². The van der Waals surface area contributed by atoms with Crippen molar-refractivity contribution in [1.29, 1.82) is 0 Å². The van der Waals surface area contributed by atoms with Gasteiger partial charge < -0.3 is 5.32 Å². The molecular formula is C17H21BrN2S. The number of aromatic nitrogens is 1. The Kier molecular flexibility index (Phi) is 4.48. The van der Waals surface area contributed by atoms with E-state index in [-0.39, 0.29) is 0 Å². The van der Waals surface area contributed by atoms with Crippen LogP contribution in [0.3, 0.4) is 0 Å². The molecule has 1 heterocycles. The summed E-state index contributed by atoms with van der Waals surface area (Å²) in [5.41, 5.74) is 2.64. The monoisotopic (exact) mass is 364 g/mol. The molecule has 0 saturated heterocycles. The lowest BCUT2D eigenvalue weighted by Crippen LogP contribution is -2.41. The summed E-state index contributed by atoms with van der Waals surface area (Å²) in [6.45, 7) is 6.45. The molecule has 0 aliphatic heterocycles. The molecule has 1 aromatic heterocycles. The highest BCUT2D eigenvalue weighted by Gasteiger charge is 2.31. The molecule has 1 N–H and O–H groups in total. The minimum Gasteiger partial charge on any atom is -0.307 e. The lowest BCUT2D eigenvalue weighted by Gasteiger charge is -2.38. The molecule has 0 radical (unpaired) electrons. The van der Waals surface area contributed by atoms with Crippen molar-refractivity contribution in [2.45, 2.75) is 51.6 Å². The van der Waals surface area contributed by atoms with E-state index in [1.165, 1.54) is 33.4 Å². The van der Waals surface area contributed by atoms with E-state index >= 15 is 0 Å². The van der Waals surface area contributed by atoms with E-state index in [1.807, 2.05) is 11.3 Å². The highest BCUT2D eigenvalue weighted by molar-refractivity contribution is 9.10. The molecular weight excluding hydrogens is 344 g/mol. The van der Waals surface area contributed by atoms with Crippen LogP contribution in [0.5, 0.6) is 0 Å². The highest BCUT2D eigenvalue weighted by Crippen LogP contribution is 2.39. The summed E-state index contributed by atoms with van der Waals surface area (Å²) in [6, 6.07) is 9.75. The van der Waals surface area contributed by atoms with E-state index in [4.69, 9.17) is 0 Å². The number of benzene rings is 1. The van der Waals surface area contributed by atoms with Crippen molar-refractivity contribution < 1.29 is 0 Å². The van der Waals surface area contributed by atoms with Crippen LogP contribution in [0.2, 0.25) is 0 Å². The first-order valence-corrected chi connectivity index (χ1v) is 9.09. The Balaban J connectivity index is 1.56. The van der Waals surface area contributed by atoms with Gasteiger partial charge in [0.25, 0.3) is 0 Å². The maximum Gasteiger partial charge on any atom is 0.0900 e. The summed E-state index contributed by atoms with van der Waals surface area (Å²) < 4.78 is 1.18. The molecule has 1 atom stereocenters. The second kappa shape index (κ2) is 6.19. The van der Waals surface area contributed by atoms with Gasteiger partial charge in [0.05, 0.1) is 10.7 Å². The fraction of sp³-hybridized carbons (Fsp3) is 0.471. The molecule has 0 amide bonds. The fourth-order valence-corrected chi connectivity index (χ4v) is 4.52. The minimum atomic E-state index is 0.407. The van der Waals surface area contributed by atoms with Crippen LogP contribution in [0.4, 0.5) is 0 Å². The molecule has 1 aromatic carbocycles. The molecule has 2 aromatic rings. The molecule has 0 spiro atoms. The van der Waals surface area contributed by atoms with Gasteiger partial charge in [0, 0.05) is 21.4 Å². The molecule has 1 saturated carbocycles. The van der Waals surface area contributed by atoms with Crippen molar-refractivity contribution in [3.05, 3.63) is 49.9 Å². The Morgan fingerprint density at radius 1 is 1.33 bits per heavy atom. The molecule has 1 unspecified atom stereocenters. The molecule has 1 aliphatic carbocycles. The van der Waals surface area contributed by atoms with Gasteiger partial charge in [-0.3, -0.25) is 0 Å². The van der Waals surface area contributed by atoms with Gasteiger partial charge >= 0.3 is 0 Å². The predicted octanol–water partition coefficient (Wildman–Crippen LogP) is 5.12. The van der Waals surface area contributed by atoms with E-state index < -0.39 is 0 Å². The first-order valence-electron chi connectivity index (χ1n) is 7.48. The van der Waals surface area contributed by atoms with Crippen LogP contribution in [0.15, 0.2) is 28.7 Å². The van der Waals surface area contributed by atoms with Gasteiger partial charge in [-0.2, -0.15) is 0 Å². The molecule has 1 fully saturated rings. The van der Waals surface area contributed by atoms with E-state index in [0.29, 0.717) is 18.0 Å². The number of halogens is 1. The largest absolute Gasteiger partial charge is 0.307 e. The summed E-state index contributed by atoms with van der Waals surface area (Å²) in [5, 5.41) is 4.92. The lowest BCUT2D eigenvalue weighted by atomic mass is 9.75. The summed E-state index contributed by atoms with van der Waals surface area (Å²) in [5.74, 6) is 0.705. The van der Waals surface area contributed by atoms with Crippen molar-refractivity contribution in [1.82, 2.24) is 10.3 Å². The second-order valence-electron chi connectivity index (χ2n) is 5.99.